The number of aryl methyl sites for hydroxylation is 1. The van der Waals surface area contributed by atoms with Crippen LogP contribution in [-0.2, 0) is 0 Å². The summed E-state index contributed by atoms with van der Waals surface area (Å²) in [6, 6.07) is 6.08. The molecule has 0 saturated carbocycles. The molecule has 2 nitrogen and oxygen atoms in total. The molecule has 0 fully saturated rings. The minimum Gasteiger partial charge on any atom is -0.497 e. The topological polar surface area (TPSA) is 25.0 Å². The average Bonchev–Trinajstić information content (AvgIpc) is 2.55. The second kappa shape index (κ2) is 3.81. The molecule has 0 radical (unpaired) electrons. The molecule has 1 aromatic heterocycles. The summed E-state index contributed by atoms with van der Waals surface area (Å²) < 4.78 is 5.23. The monoisotopic (exact) mass is 201 g/mol. The Labute approximate surface area is 89.6 Å². The van der Waals surface area contributed by atoms with Gasteiger partial charge in [0.15, 0.2) is 0 Å². The minimum absolute atomic E-state index is 0.896. The van der Waals surface area contributed by atoms with Gasteiger partial charge in [0.1, 0.15) is 5.75 Å². The SMILES string of the molecule is C/C=C/c1c(C)[nH]c2ccc(OC)cc12. The van der Waals surface area contributed by atoms with Crippen LogP contribution in [0.5, 0.6) is 5.75 Å². The van der Waals surface area contributed by atoms with Crippen molar-refractivity contribution in [3.8, 4) is 5.75 Å². The predicted octanol–water partition coefficient (Wildman–Crippen LogP) is 3.52. The van der Waals surface area contributed by atoms with Gasteiger partial charge in [0.05, 0.1) is 7.11 Å². The van der Waals surface area contributed by atoms with Crippen molar-refractivity contribution in [2.45, 2.75) is 13.8 Å². The molecule has 0 bridgehead atoms. The highest BCUT2D eigenvalue weighted by Gasteiger charge is 2.06. The van der Waals surface area contributed by atoms with Crippen molar-refractivity contribution in [1.82, 2.24) is 4.98 Å². The van der Waals surface area contributed by atoms with E-state index in [2.05, 4.69) is 30.1 Å². The predicted molar refractivity (Wildman–Crippen MR) is 64.3 cm³/mol. The van der Waals surface area contributed by atoms with Crippen molar-refractivity contribution in [1.29, 1.82) is 0 Å². The number of aromatic nitrogens is 1. The van der Waals surface area contributed by atoms with E-state index in [-0.39, 0.29) is 0 Å². The van der Waals surface area contributed by atoms with Crippen molar-refractivity contribution in [2.75, 3.05) is 7.11 Å². The molecule has 78 valence electrons. The third kappa shape index (κ3) is 1.63. The summed E-state index contributed by atoms with van der Waals surface area (Å²) >= 11 is 0. The van der Waals surface area contributed by atoms with E-state index in [0.717, 1.165) is 11.3 Å². The molecule has 0 unspecified atom stereocenters. The maximum atomic E-state index is 5.23. The summed E-state index contributed by atoms with van der Waals surface area (Å²) in [6.07, 6.45) is 4.17. The van der Waals surface area contributed by atoms with E-state index in [9.17, 15) is 0 Å². The highest BCUT2D eigenvalue weighted by Crippen LogP contribution is 2.27. The number of fused-ring (bicyclic) bond motifs is 1. The lowest BCUT2D eigenvalue weighted by atomic mass is 10.1. The number of rotatable bonds is 2. The van der Waals surface area contributed by atoms with Gasteiger partial charge in [-0.05, 0) is 32.0 Å². The number of benzene rings is 1. The molecule has 1 heterocycles. The van der Waals surface area contributed by atoms with Crippen LogP contribution in [0.25, 0.3) is 17.0 Å². The second-order valence-corrected chi connectivity index (χ2v) is 3.58. The Morgan fingerprint density at radius 2 is 2.13 bits per heavy atom. The Morgan fingerprint density at radius 3 is 2.80 bits per heavy atom. The second-order valence-electron chi connectivity index (χ2n) is 3.58. The zero-order valence-corrected chi connectivity index (χ0v) is 9.29. The maximum absolute atomic E-state index is 5.23. The fraction of sp³-hybridized carbons (Fsp3) is 0.231. The average molecular weight is 201 g/mol. The molecule has 0 aliphatic heterocycles. The zero-order chi connectivity index (χ0) is 10.8. The van der Waals surface area contributed by atoms with Crippen LogP contribution in [0.4, 0.5) is 0 Å². The van der Waals surface area contributed by atoms with Gasteiger partial charge >= 0.3 is 0 Å². The Bertz CT molecular complexity index is 508. The van der Waals surface area contributed by atoms with Gasteiger partial charge in [-0.15, -0.1) is 0 Å². The van der Waals surface area contributed by atoms with Gasteiger partial charge in [-0.2, -0.15) is 0 Å². The lowest BCUT2D eigenvalue weighted by molar-refractivity contribution is 0.415. The smallest absolute Gasteiger partial charge is 0.119 e. The largest absolute Gasteiger partial charge is 0.497 e. The summed E-state index contributed by atoms with van der Waals surface area (Å²) in [5, 5.41) is 1.21. The minimum atomic E-state index is 0.896. The number of aromatic amines is 1. The van der Waals surface area contributed by atoms with E-state index in [0.29, 0.717) is 0 Å². The van der Waals surface area contributed by atoms with Gasteiger partial charge in [0, 0.05) is 22.2 Å². The molecule has 0 atom stereocenters. The van der Waals surface area contributed by atoms with E-state index in [1.54, 1.807) is 7.11 Å². The van der Waals surface area contributed by atoms with Gasteiger partial charge < -0.3 is 9.72 Å². The molecule has 0 aliphatic carbocycles. The van der Waals surface area contributed by atoms with E-state index in [4.69, 9.17) is 4.74 Å². The first kappa shape index (κ1) is 9.84. The first-order valence-corrected chi connectivity index (χ1v) is 5.05. The number of nitrogens with one attached hydrogen (secondary N) is 1. The van der Waals surface area contributed by atoms with Crippen LogP contribution in [0.15, 0.2) is 24.3 Å². The van der Waals surface area contributed by atoms with Gasteiger partial charge in [-0.25, -0.2) is 0 Å². The van der Waals surface area contributed by atoms with Crippen LogP contribution in [0.3, 0.4) is 0 Å². The van der Waals surface area contributed by atoms with Crippen LogP contribution in [0.2, 0.25) is 0 Å². The molecule has 0 spiro atoms. The molecule has 2 rings (SSSR count). The Morgan fingerprint density at radius 1 is 1.33 bits per heavy atom. The van der Waals surface area contributed by atoms with Crippen molar-refractivity contribution < 1.29 is 4.74 Å². The fourth-order valence-electron chi connectivity index (χ4n) is 1.83. The molecule has 1 aromatic carbocycles. The highest BCUT2D eigenvalue weighted by atomic mass is 16.5. The lowest BCUT2D eigenvalue weighted by Crippen LogP contribution is -1.81. The van der Waals surface area contributed by atoms with Gasteiger partial charge in [-0.3, -0.25) is 0 Å². The normalized spacial score (nSPS) is 11.4. The number of allylic oxidation sites excluding steroid dienone is 1. The van der Waals surface area contributed by atoms with Crippen LogP contribution < -0.4 is 4.74 Å². The third-order valence-electron chi connectivity index (χ3n) is 2.58. The quantitative estimate of drug-likeness (QED) is 0.790. The summed E-state index contributed by atoms with van der Waals surface area (Å²) in [7, 11) is 1.69. The molecular formula is C13H15NO. The number of hydrogen-bond donors (Lipinski definition) is 1. The van der Waals surface area contributed by atoms with E-state index < -0.39 is 0 Å². The Kier molecular flexibility index (Phi) is 2.50. The fourth-order valence-corrected chi connectivity index (χ4v) is 1.83. The van der Waals surface area contributed by atoms with Crippen molar-refractivity contribution in [3.63, 3.8) is 0 Å². The van der Waals surface area contributed by atoms with Gasteiger partial charge in [0.2, 0.25) is 0 Å². The summed E-state index contributed by atoms with van der Waals surface area (Å²) in [5.74, 6) is 0.896. The molecule has 2 heteroatoms. The standard InChI is InChI=1S/C13H15NO/c1-4-5-11-9(2)14-13-7-6-10(15-3)8-12(11)13/h4-8,14H,1-3H3/b5-4+. The summed E-state index contributed by atoms with van der Waals surface area (Å²) in [5.41, 5.74) is 3.59. The molecule has 0 aliphatic rings. The van der Waals surface area contributed by atoms with E-state index >= 15 is 0 Å². The molecular weight excluding hydrogens is 186 g/mol. The van der Waals surface area contributed by atoms with Crippen molar-refractivity contribution in [2.24, 2.45) is 0 Å². The molecule has 0 saturated heterocycles. The van der Waals surface area contributed by atoms with Gasteiger partial charge in [-0.1, -0.05) is 12.2 Å². The number of methoxy groups -OCH3 is 1. The number of hydrogen-bond acceptors (Lipinski definition) is 1. The van der Waals surface area contributed by atoms with Crippen LogP contribution in [-0.4, -0.2) is 12.1 Å². The number of H-pyrrole nitrogens is 1. The summed E-state index contributed by atoms with van der Waals surface area (Å²) in [4.78, 5) is 3.36. The lowest BCUT2D eigenvalue weighted by Gasteiger charge is -1.99. The Hall–Kier alpha value is -1.70. The Balaban J connectivity index is 2.71. The first-order valence-electron chi connectivity index (χ1n) is 5.05. The first-order chi connectivity index (χ1) is 7.26. The van der Waals surface area contributed by atoms with Crippen LogP contribution >= 0.6 is 0 Å². The number of ether oxygens (including phenoxy) is 1. The molecule has 15 heavy (non-hydrogen) atoms. The van der Waals surface area contributed by atoms with E-state index in [1.165, 1.54) is 16.6 Å². The molecule has 1 N–H and O–H groups in total. The van der Waals surface area contributed by atoms with Crippen molar-refractivity contribution in [3.05, 3.63) is 35.5 Å². The maximum Gasteiger partial charge on any atom is 0.119 e. The summed E-state index contributed by atoms with van der Waals surface area (Å²) in [6.45, 7) is 4.11. The third-order valence-corrected chi connectivity index (χ3v) is 2.58. The van der Waals surface area contributed by atoms with Crippen LogP contribution in [0.1, 0.15) is 18.2 Å². The van der Waals surface area contributed by atoms with Crippen molar-refractivity contribution >= 4 is 17.0 Å². The van der Waals surface area contributed by atoms with Gasteiger partial charge in [0.25, 0.3) is 0 Å². The molecule has 0 amide bonds. The van der Waals surface area contributed by atoms with Crippen LogP contribution in [0, 0.1) is 6.92 Å². The van der Waals surface area contributed by atoms with E-state index in [1.807, 2.05) is 19.1 Å². The highest BCUT2D eigenvalue weighted by molar-refractivity contribution is 5.91. The zero-order valence-electron chi connectivity index (χ0n) is 9.29. The molecule has 2 aromatic rings.